The molecule has 0 saturated carbocycles. The molecular weight excluding hydrogens is 427 g/mol. The zero-order valence-electron chi connectivity index (χ0n) is 18.8. The molecule has 0 bridgehead atoms. The highest BCUT2D eigenvalue weighted by molar-refractivity contribution is 7.44. The topological polar surface area (TPSA) is 0 Å². The highest BCUT2D eigenvalue weighted by Crippen LogP contribution is 2.43. The predicted molar refractivity (Wildman–Crippen MR) is 151 cm³/mol. The van der Waals surface area contributed by atoms with Crippen LogP contribution in [-0.2, 0) is 6.42 Å². The first-order valence-electron chi connectivity index (χ1n) is 11.8. The number of rotatable bonds is 3. The van der Waals surface area contributed by atoms with Crippen LogP contribution < -0.4 is 0 Å². The summed E-state index contributed by atoms with van der Waals surface area (Å²) in [5, 5.41) is 11.1. The third-order valence-corrected chi connectivity index (χ3v) is 8.53. The molecule has 34 heavy (non-hydrogen) atoms. The lowest BCUT2D eigenvalue weighted by Gasteiger charge is -2.09. The van der Waals surface area contributed by atoms with Gasteiger partial charge >= 0.3 is 0 Å². The van der Waals surface area contributed by atoms with Crippen molar-refractivity contribution in [3.05, 3.63) is 132 Å². The molecule has 0 nitrogen and oxygen atoms in total. The van der Waals surface area contributed by atoms with E-state index in [4.69, 9.17) is 0 Å². The van der Waals surface area contributed by atoms with Gasteiger partial charge in [-0.1, -0.05) is 109 Å². The number of hydrogen-bond donors (Lipinski definition) is 0. The van der Waals surface area contributed by atoms with Crippen molar-refractivity contribution in [2.45, 2.75) is 6.42 Å². The Morgan fingerprint density at radius 1 is 0.471 bits per heavy atom. The maximum atomic E-state index is 2.40. The second kappa shape index (κ2) is 7.87. The Kier molecular flexibility index (Phi) is 4.54. The molecule has 7 rings (SSSR count). The van der Waals surface area contributed by atoms with Gasteiger partial charge in [-0.05, 0) is 78.2 Å². The van der Waals surface area contributed by atoms with Crippen LogP contribution in [0, 0.1) is 0 Å². The molecule has 0 aliphatic carbocycles. The van der Waals surface area contributed by atoms with Crippen LogP contribution in [0.1, 0.15) is 11.1 Å². The van der Waals surface area contributed by atoms with E-state index in [9.17, 15) is 0 Å². The molecule has 0 radical (unpaired) electrons. The van der Waals surface area contributed by atoms with E-state index in [1.54, 1.807) is 0 Å². The van der Waals surface area contributed by atoms with Gasteiger partial charge in [0.2, 0.25) is 0 Å². The Morgan fingerprint density at radius 2 is 1.21 bits per heavy atom. The lowest BCUT2D eigenvalue weighted by atomic mass is 9.95. The molecule has 0 aliphatic heterocycles. The maximum absolute atomic E-state index is 2.40. The lowest BCUT2D eigenvalue weighted by molar-refractivity contribution is 1.21. The average molecular weight is 451 g/mol. The van der Waals surface area contributed by atoms with E-state index in [0.717, 1.165) is 14.6 Å². The standard InChI is InChI=1S/C33H23P/c1-3-13-28-23(8-1)10-6-12-27(28)20-22-7-5-11-25(19-22)26-16-18-32-31(21-26)30-17-15-24-9-2-4-14-29(24)33(30)34-32/h1-19,21,34H,20H2. The molecule has 1 heterocycles. The first-order valence-corrected chi connectivity index (χ1v) is 12.8. The van der Waals surface area contributed by atoms with Gasteiger partial charge in [0.25, 0.3) is 0 Å². The van der Waals surface area contributed by atoms with Crippen molar-refractivity contribution >= 4 is 50.7 Å². The van der Waals surface area contributed by atoms with Crippen molar-refractivity contribution in [2.24, 2.45) is 0 Å². The quantitative estimate of drug-likeness (QED) is 0.251. The summed E-state index contributed by atoms with van der Waals surface area (Å²) in [6, 6.07) is 44.8. The molecule has 160 valence electrons. The second-order valence-corrected chi connectivity index (χ2v) is 10.4. The van der Waals surface area contributed by atoms with Gasteiger partial charge in [-0.3, -0.25) is 0 Å². The number of fused-ring (bicyclic) bond motifs is 6. The fraction of sp³-hybridized carbons (Fsp3) is 0.0303. The van der Waals surface area contributed by atoms with Crippen molar-refractivity contribution < 1.29 is 0 Å². The summed E-state index contributed by atoms with van der Waals surface area (Å²) >= 11 is 0. The van der Waals surface area contributed by atoms with E-state index in [2.05, 4.69) is 121 Å². The Balaban J connectivity index is 1.32. The summed E-state index contributed by atoms with van der Waals surface area (Å²) in [6.07, 6.45) is 0.941. The molecule has 1 unspecified atom stereocenters. The van der Waals surface area contributed by atoms with E-state index in [0.29, 0.717) is 0 Å². The van der Waals surface area contributed by atoms with Gasteiger partial charge in [-0.25, -0.2) is 0 Å². The molecule has 0 amide bonds. The summed E-state index contributed by atoms with van der Waals surface area (Å²) in [5.41, 5.74) is 5.32. The molecular formula is C33H23P. The van der Waals surface area contributed by atoms with E-state index < -0.39 is 0 Å². The Morgan fingerprint density at radius 3 is 2.12 bits per heavy atom. The van der Waals surface area contributed by atoms with Crippen LogP contribution in [0.2, 0.25) is 0 Å². The molecule has 6 aromatic carbocycles. The number of benzene rings is 6. The molecule has 0 aliphatic rings. The SMILES string of the molecule is c1cc(Cc2cccc3ccccc23)cc(-c2ccc3[pH]c4c5ccccc5ccc4c3c2)c1. The van der Waals surface area contributed by atoms with Crippen LogP contribution in [0.3, 0.4) is 0 Å². The molecule has 0 N–H and O–H groups in total. The van der Waals surface area contributed by atoms with Crippen LogP contribution in [0.5, 0.6) is 0 Å². The minimum Gasteiger partial charge on any atom is -0.123 e. The first-order chi connectivity index (χ1) is 16.8. The molecule has 0 saturated heterocycles. The van der Waals surface area contributed by atoms with E-state index >= 15 is 0 Å². The normalized spacial score (nSPS) is 11.9. The minimum absolute atomic E-state index is 0.728. The monoisotopic (exact) mass is 450 g/mol. The zero-order chi connectivity index (χ0) is 22.5. The summed E-state index contributed by atoms with van der Waals surface area (Å²) in [7, 11) is 0.728. The predicted octanol–water partition coefficient (Wildman–Crippen LogP) is 9.59. The van der Waals surface area contributed by atoms with Crippen molar-refractivity contribution in [3.63, 3.8) is 0 Å². The molecule has 0 spiro atoms. The zero-order valence-corrected chi connectivity index (χ0v) is 19.8. The van der Waals surface area contributed by atoms with Gasteiger partial charge in [-0.15, -0.1) is 8.19 Å². The van der Waals surface area contributed by atoms with Gasteiger partial charge in [0.1, 0.15) is 0 Å². The lowest BCUT2D eigenvalue weighted by Crippen LogP contribution is -1.90. The maximum Gasteiger partial charge on any atom is 0.00723 e. The minimum atomic E-state index is 0.728. The van der Waals surface area contributed by atoms with Crippen LogP contribution >= 0.6 is 8.19 Å². The van der Waals surface area contributed by atoms with Gasteiger partial charge in [0.15, 0.2) is 0 Å². The smallest absolute Gasteiger partial charge is 0.00723 e. The Bertz CT molecular complexity index is 1830. The fourth-order valence-electron chi connectivity index (χ4n) is 5.35. The summed E-state index contributed by atoms with van der Waals surface area (Å²) < 4.78 is 0. The third kappa shape index (κ3) is 3.23. The van der Waals surface area contributed by atoms with Crippen molar-refractivity contribution in [3.8, 4) is 11.1 Å². The summed E-state index contributed by atoms with van der Waals surface area (Å²) in [6.45, 7) is 0. The van der Waals surface area contributed by atoms with E-state index in [-0.39, 0.29) is 0 Å². The molecule has 1 aromatic heterocycles. The van der Waals surface area contributed by atoms with E-state index in [1.807, 2.05) is 0 Å². The average Bonchev–Trinajstić information content (AvgIpc) is 3.28. The molecule has 1 heteroatoms. The van der Waals surface area contributed by atoms with Gasteiger partial charge in [0, 0.05) is 5.12 Å². The molecule has 0 fully saturated rings. The molecule has 1 atom stereocenters. The Labute approximate surface area is 200 Å². The van der Waals surface area contributed by atoms with Crippen molar-refractivity contribution in [1.82, 2.24) is 0 Å². The second-order valence-electron chi connectivity index (χ2n) is 9.11. The highest BCUT2D eigenvalue weighted by Gasteiger charge is 2.09. The fourth-order valence-corrected chi connectivity index (χ4v) is 6.84. The summed E-state index contributed by atoms with van der Waals surface area (Å²) in [5.74, 6) is 0. The Hall–Kier alpha value is -3.86. The van der Waals surface area contributed by atoms with Gasteiger partial charge in [-0.2, -0.15) is 0 Å². The van der Waals surface area contributed by atoms with E-state index in [1.165, 1.54) is 64.8 Å². The van der Waals surface area contributed by atoms with Gasteiger partial charge < -0.3 is 0 Å². The van der Waals surface area contributed by atoms with Crippen LogP contribution in [0.25, 0.3) is 53.7 Å². The largest absolute Gasteiger partial charge is 0.123 e. The van der Waals surface area contributed by atoms with Gasteiger partial charge in [0.05, 0.1) is 0 Å². The van der Waals surface area contributed by atoms with Crippen LogP contribution in [0.4, 0.5) is 0 Å². The van der Waals surface area contributed by atoms with Crippen molar-refractivity contribution in [2.75, 3.05) is 0 Å². The third-order valence-electron chi connectivity index (χ3n) is 7.03. The summed E-state index contributed by atoms with van der Waals surface area (Å²) in [4.78, 5) is 0. The van der Waals surface area contributed by atoms with Crippen LogP contribution in [0.15, 0.2) is 121 Å². The first kappa shape index (κ1) is 19.6. The molecule has 7 aromatic rings. The van der Waals surface area contributed by atoms with Crippen LogP contribution in [-0.4, -0.2) is 0 Å². The highest BCUT2D eigenvalue weighted by atomic mass is 31.0. The number of hydrogen-bond acceptors (Lipinski definition) is 0. The van der Waals surface area contributed by atoms with Crippen molar-refractivity contribution in [1.29, 1.82) is 0 Å².